The van der Waals surface area contributed by atoms with Crippen LogP contribution < -0.4 is 0 Å². The van der Waals surface area contributed by atoms with Gasteiger partial charge in [-0.25, -0.2) is 0 Å². The predicted molar refractivity (Wildman–Crippen MR) is 55.1 cm³/mol. The van der Waals surface area contributed by atoms with E-state index in [1.165, 1.54) is 12.8 Å². The van der Waals surface area contributed by atoms with Crippen LogP contribution in [0.2, 0.25) is 0 Å². The average Bonchev–Trinajstić information content (AvgIpc) is 2.99. The zero-order chi connectivity index (χ0) is 10.4. The van der Waals surface area contributed by atoms with Crippen LogP contribution in [0, 0.1) is 6.92 Å². The van der Waals surface area contributed by atoms with E-state index in [2.05, 4.69) is 10.2 Å². The largest absolute Gasteiger partial charge is 0.298 e. The summed E-state index contributed by atoms with van der Waals surface area (Å²) in [4.78, 5) is 10.8. The summed E-state index contributed by atoms with van der Waals surface area (Å²) in [5, 5.41) is 8.33. The van der Waals surface area contributed by atoms with Gasteiger partial charge in [0.2, 0.25) is 0 Å². The number of hydrogen-bond acceptors (Lipinski definition) is 3. The van der Waals surface area contributed by atoms with Gasteiger partial charge in [0, 0.05) is 23.2 Å². The van der Waals surface area contributed by atoms with Crippen molar-refractivity contribution >= 4 is 11.9 Å². The summed E-state index contributed by atoms with van der Waals surface area (Å²) in [5.41, 5.74) is 2.41. The third kappa shape index (κ3) is 1.17. The molecular formula is C11H11N3O. The molecule has 0 radical (unpaired) electrons. The first-order valence-electron chi connectivity index (χ1n) is 5.10. The summed E-state index contributed by atoms with van der Waals surface area (Å²) in [6.07, 6.45) is 5.16. The lowest BCUT2D eigenvalue weighted by Crippen LogP contribution is -1.96. The summed E-state index contributed by atoms with van der Waals surface area (Å²) >= 11 is 0. The minimum Gasteiger partial charge on any atom is -0.298 e. The highest BCUT2D eigenvalue weighted by Crippen LogP contribution is 2.39. The van der Waals surface area contributed by atoms with E-state index in [9.17, 15) is 4.79 Å². The average molecular weight is 201 g/mol. The van der Waals surface area contributed by atoms with E-state index in [-0.39, 0.29) is 0 Å². The Morgan fingerprint density at radius 1 is 1.47 bits per heavy atom. The highest BCUT2D eigenvalue weighted by molar-refractivity contribution is 5.80. The molecule has 0 N–H and O–H groups in total. The Balaban J connectivity index is 2.28. The normalized spacial score (nSPS) is 15.8. The number of carbonyl (C=O) groups is 1. The molecule has 0 spiro atoms. The summed E-state index contributed by atoms with van der Waals surface area (Å²) in [6, 6.07) is 1.82. The number of hydrogen-bond donors (Lipinski definition) is 0. The van der Waals surface area contributed by atoms with Gasteiger partial charge in [0.05, 0.1) is 0 Å². The minimum atomic E-state index is 0.571. The van der Waals surface area contributed by atoms with Gasteiger partial charge >= 0.3 is 0 Å². The first-order chi connectivity index (χ1) is 7.31. The second-order valence-corrected chi connectivity index (χ2v) is 4.04. The van der Waals surface area contributed by atoms with Crippen molar-refractivity contribution in [3.63, 3.8) is 0 Å². The molecule has 0 bridgehead atoms. The fraction of sp³-hybridized carbons (Fsp3) is 0.364. The van der Waals surface area contributed by atoms with Gasteiger partial charge in [-0.05, 0) is 25.8 Å². The van der Waals surface area contributed by atoms with Crippen molar-refractivity contribution in [3.05, 3.63) is 29.2 Å². The van der Waals surface area contributed by atoms with Crippen molar-refractivity contribution in [3.8, 4) is 0 Å². The molecule has 0 aromatic carbocycles. The molecule has 76 valence electrons. The smallest absolute Gasteiger partial charge is 0.164 e. The van der Waals surface area contributed by atoms with Gasteiger partial charge in [0.1, 0.15) is 5.82 Å². The standard InChI is InChI=1S/C11H11N3O/c1-7-9(6-15)4-5-14-10(7)12-13-11(14)8-2-3-8/h4-6,8H,2-3H2,1H3. The quantitative estimate of drug-likeness (QED) is 0.695. The molecule has 0 unspecified atom stereocenters. The molecule has 1 saturated carbocycles. The number of aryl methyl sites for hydroxylation is 1. The first-order valence-corrected chi connectivity index (χ1v) is 5.10. The van der Waals surface area contributed by atoms with Crippen LogP contribution in [0.5, 0.6) is 0 Å². The van der Waals surface area contributed by atoms with Crippen LogP contribution in [-0.2, 0) is 0 Å². The van der Waals surface area contributed by atoms with Gasteiger partial charge in [-0.1, -0.05) is 0 Å². The number of fused-ring (bicyclic) bond motifs is 1. The van der Waals surface area contributed by atoms with Gasteiger partial charge < -0.3 is 0 Å². The lowest BCUT2D eigenvalue weighted by molar-refractivity contribution is 0.112. The van der Waals surface area contributed by atoms with Crippen molar-refractivity contribution in [1.82, 2.24) is 14.6 Å². The third-order valence-corrected chi connectivity index (χ3v) is 2.96. The molecule has 0 amide bonds. The summed E-state index contributed by atoms with van der Waals surface area (Å²) < 4.78 is 2.00. The van der Waals surface area contributed by atoms with E-state index in [0.717, 1.165) is 23.3 Å². The molecule has 0 atom stereocenters. The van der Waals surface area contributed by atoms with Crippen LogP contribution in [0.1, 0.15) is 40.5 Å². The Kier molecular flexibility index (Phi) is 1.65. The van der Waals surface area contributed by atoms with Gasteiger partial charge in [-0.15, -0.1) is 10.2 Å². The molecule has 1 aliphatic carbocycles. The maximum Gasteiger partial charge on any atom is 0.164 e. The van der Waals surface area contributed by atoms with Crippen LogP contribution in [0.3, 0.4) is 0 Å². The Hall–Kier alpha value is -1.71. The molecular weight excluding hydrogens is 190 g/mol. The van der Waals surface area contributed by atoms with E-state index in [1.54, 1.807) is 0 Å². The molecule has 1 fully saturated rings. The lowest BCUT2D eigenvalue weighted by Gasteiger charge is -2.01. The maximum absolute atomic E-state index is 10.8. The Morgan fingerprint density at radius 2 is 2.27 bits per heavy atom. The molecule has 2 aromatic heterocycles. The number of pyridine rings is 1. The topological polar surface area (TPSA) is 47.3 Å². The third-order valence-electron chi connectivity index (χ3n) is 2.96. The summed E-state index contributed by atoms with van der Waals surface area (Å²) in [5.74, 6) is 1.60. The SMILES string of the molecule is Cc1c(C=O)ccn2c(C3CC3)nnc12. The van der Waals surface area contributed by atoms with Crippen LogP contribution in [0.15, 0.2) is 12.3 Å². The van der Waals surface area contributed by atoms with Crippen LogP contribution in [0.25, 0.3) is 5.65 Å². The first kappa shape index (κ1) is 8.59. The van der Waals surface area contributed by atoms with E-state index in [1.807, 2.05) is 23.6 Å². The molecule has 2 heterocycles. The second kappa shape index (κ2) is 2.89. The lowest BCUT2D eigenvalue weighted by atomic mass is 10.2. The highest BCUT2D eigenvalue weighted by atomic mass is 16.1. The van der Waals surface area contributed by atoms with Crippen molar-refractivity contribution in [2.75, 3.05) is 0 Å². The summed E-state index contributed by atoms with van der Waals surface area (Å²) in [6.45, 7) is 1.91. The molecule has 0 aliphatic heterocycles. The molecule has 4 nitrogen and oxygen atoms in total. The molecule has 2 aromatic rings. The Bertz CT molecular complexity index is 540. The van der Waals surface area contributed by atoms with E-state index in [0.29, 0.717) is 11.5 Å². The summed E-state index contributed by atoms with van der Waals surface area (Å²) in [7, 11) is 0. The zero-order valence-electron chi connectivity index (χ0n) is 8.47. The van der Waals surface area contributed by atoms with E-state index < -0.39 is 0 Å². The molecule has 4 heteroatoms. The molecule has 15 heavy (non-hydrogen) atoms. The molecule has 3 rings (SSSR count). The van der Waals surface area contributed by atoms with Crippen LogP contribution in [0.4, 0.5) is 0 Å². The van der Waals surface area contributed by atoms with Crippen LogP contribution in [-0.4, -0.2) is 20.9 Å². The van der Waals surface area contributed by atoms with Crippen molar-refractivity contribution in [2.24, 2.45) is 0 Å². The highest BCUT2D eigenvalue weighted by Gasteiger charge is 2.28. The molecule has 0 saturated heterocycles. The maximum atomic E-state index is 10.8. The van der Waals surface area contributed by atoms with E-state index in [4.69, 9.17) is 0 Å². The number of carbonyl (C=O) groups excluding carboxylic acids is 1. The predicted octanol–water partition coefficient (Wildman–Crippen LogP) is 1.73. The minimum absolute atomic E-state index is 0.571. The number of aldehydes is 1. The Morgan fingerprint density at radius 3 is 2.93 bits per heavy atom. The number of rotatable bonds is 2. The van der Waals surface area contributed by atoms with Gasteiger partial charge in [0.15, 0.2) is 11.9 Å². The number of nitrogens with zero attached hydrogens (tertiary/aromatic N) is 3. The van der Waals surface area contributed by atoms with Gasteiger partial charge in [-0.2, -0.15) is 0 Å². The van der Waals surface area contributed by atoms with Crippen molar-refractivity contribution in [1.29, 1.82) is 0 Å². The Labute approximate surface area is 86.9 Å². The monoisotopic (exact) mass is 201 g/mol. The van der Waals surface area contributed by atoms with E-state index >= 15 is 0 Å². The van der Waals surface area contributed by atoms with Crippen molar-refractivity contribution < 1.29 is 4.79 Å². The zero-order valence-corrected chi connectivity index (χ0v) is 8.47. The second-order valence-electron chi connectivity index (χ2n) is 4.04. The van der Waals surface area contributed by atoms with Crippen molar-refractivity contribution in [2.45, 2.75) is 25.7 Å². The number of aromatic nitrogens is 3. The fourth-order valence-corrected chi connectivity index (χ4v) is 1.86. The van der Waals surface area contributed by atoms with Gasteiger partial charge in [-0.3, -0.25) is 9.20 Å². The van der Waals surface area contributed by atoms with Crippen LogP contribution >= 0.6 is 0 Å². The van der Waals surface area contributed by atoms with Gasteiger partial charge in [0.25, 0.3) is 0 Å². The molecule has 1 aliphatic rings. The fourth-order valence-electron chi connectivity index (χ4n) is 1.86.